The topological polar surface area (TPSA) is 97.3 Å². The van der Waals surface area contributed by atoms with E-state index >= 15 is 0 Å². The van der Waals surface area contributed by atoms with Gasteiger partial charge >= 0.3 is 4.87 Å². The first-order chi connectivity index (χ1) is 10.7. The Balaban J connectivity index is 2.07. The van der Waals surface area contributed by atoms with Gasteiger partial charge in [0.05, 0.1) is 4.90 Å². The van der Waals surface area contributed by atoms with Crippen molar-refractivity contribution in [3.05, 3.63) is 50.1 Å². The molecule has 1 amide bonds. The van der Waals surface area contributed by atoms with E-state index in [9.17, 15) is 18.0 Å². The summed E-state index contributed by atoms with van der Waals surface area (Å²) in [7, 11) is -3.87. The summed E-state index contributed by atoms with van der Waals surface area (Å²) in [6.45, 7) is 4.99. The summed E-state index contributed by atoms with van der Waals surface area (Å²) in [4.78, 5) is 25.2. The summed E-state index contributed by atoms with van der Waals surface area (Å²) >= 11 is 0.986. The highest BCUT2D eigenvalue weighted by molar-refractivity contribution is 7.89. The molecule has 0 saturated carbocycles. The van der Waals surface area contributed by atoms with Gasteiger partial charge in [0.1, 0.15) is 6.54 Å². The lowest BCUT2D eigenvalue weighted by atomic mass is 10.2. The maximum absolute atomic E-state index is 12.2. The summed E-state index contributed by atoms with van der Waals surface area (Å²) in [5.41, 5.74) is 4.29. The number of benzene rings is 1. The lowest BCUT2D eigenvalue weighted by Gasteiger charge is -2.11. The first-order valence-electron chi connectivity index (χ1n) is 6.73. The number of hydrogen-bond acceptors (Lipinski definition) is 5. The Morgan fingerprint density at radius 2 is 1.96 bits per heavy atom. The average Bonchev–Trinajstić information content (AvgIpc) is 2.77. The minimum Gasteiger partial charge on any atom is -0.294 e. The average molecular weight is 355 g/mol. The van der Waals surface area contributed by atoms with Crippen LogP contribution < -0.4 is 15.1 Å². The molecular weight excluding hydrogens is 338 g/mol. The molecule has 0 spiro atoms. The van der Waals surface area contributed by atoms with Gasteiger partial charge < -0.3 is 0 Å². The van der Waals surface area contributed by atoms with Crippen LogP contribution in [-0.2, 0) is 21.4 Å². The Morgan fingerprint density at radius 1 is 1.26 bits per heavy atom. The molecule has 1 aromatic heterocycles. The summed E-state index contributed by atoms with van der Waals surface area (Å²) in [5.74, 6) is -0.623. The number of amides is 1. The zero-order valence-corrected chi connectivity index (χ0v) is 14.5. The Labute approximate surface area is 138 Å². The highest BCUT2D eigenvalue weighted by atomic mass is 32.2. The van der Waals surface area contributed by atoms with Crippen molar-refractivity contribution < 1.29 is 13.2 Å². The van der Waals surface area contributed by atoms with E-state index in [2.05, 4.69) is 5.43 Å². The lowest BCUT2D eigenvalue weighted by molar-refractivity contribution is -0.122. The minimum absolute atomic E-state index is 0.0901. The van der Waals surface area contributed by atoms with Gasteiger partial charge in [-0.3, -0.25) is 19.6 Å². The van der Waals surface area contributed by atoms with E-state index in [1.807, 2.05) is 11.8 Å². The normalized spacial score (nSPS) is 11.4. The number of aryl methyl sites for hydroxylation is 3. The molecule has 2 aromatic rings. The molecule has 0 aliphatic carbocycles. The number of aromatic nitrogens is 1. The number of thiazole rings is 1. The highest BCUT2D eigenvalue weighted by Gasteiger charge is 2.18. The van der Waals surface area contributed by atoms with Gasteiger partial charge in [0.15, 0.2) is 0 Å². The molecule has 0 radical (unpaired) electrons. The van der Waals surface area contributed by atoms with Crippen molar-refractivity contribution in [2.24, 2.45) is 0 Å². The van der Waals surface area contributed by atoms with Crippen molar-refractivity contribution in [1.29, 1.82) is 0 Å². The van der Waals surface area contributed by atoms with Crippen LogP contribution >= 0.6 is 11.3 Å². The third-order valence-electron chi connectivity index (χ3n) is 3.22. The van der Waals surface area contributed by atoms with Crippen LogP contribution in [-0.4, -0.2) is 18.9 Å². The van der Waals surface area contributed by atoms with Crippen molar-refractivity contribution in [2.45, 2.75) is 32.2 Å². The Morgan fingerprint density at radius 3 is 2.52 bits per heavy atom. The molecule has 0 saturated heterocycles. The first kappa shape index (κ1) is 17.4. The number of nitrogens with one attached hydrogen (secondary N) is 2. The number of carbonyl (C=O) groups excluding carboxylic acids is 1. The van der Waals surface area contributed by atoms with Crippen molar-refractivity contribution in [3.63, 3.8) is 0 Å². The van der Waals surface area contributed by atoms with E-state index in [4.69, 9.17) is 0 Å². The molecule has 0 fully saturated rings. The summed E-state index contributed by atoms with van der Waals surface area (Å²) in [5, 5.41) is 1.63. The van der Waals surface area contributed by atoms with Gasteiger partial charge in [0.2, 0.25) is 0 Å². The number of nitrogens with zero attached hydrogens (tertiary/aromatic N) is 1. The molecule has 9 heteroatoms. The van der Waals surface area contributed by atoms with Gasteiger partial charge in [-0.25, -0.2) is 8.42 Å². The number of carbonyl (C=O) groups is 1. The van der Waals surface area contributed by atoms with E-state index in [1.165, 1.54) is 10.6 Å². The fraction of sp³-hybridized carbons (Fsp3) is 0.286. The Kier molecular flexibility index (Phi) is 5.03. The number of sulfonamides is 1. The van der Waals surface area contributed by atoms with Crippen LogP contribution in [0.3, 0.4) is 0 Å². The largest absolute Gasteiger partial charge is 0.307 e. The molecule has 7 nitrogen and oxygen atoms in total. The van der Waals surface area contributed by atoms with E-state index < -0.39 is 15.9 Å². The fourth-order valence-corrected chi connectivity index (χ4v) is 3.88. The Bertz CT molecular complexity index is 897. The highest BCUT2D eigenvalue weighted by Crippen LogP contribution is 2.15. The zero-order chi connectivity index (χ0) is 17.2. The molecule has 0 aliphatic heterocycles. The second-order valence-corrected chi connectivity index (χ2v) is 7.62. The third-order valence-corrected chi connectivity index (χ3v) is 5.51. The minimum atomic E-state index is -3.87. The van der Waals surface area contributed by atoms with Gasteiger partial charge in [-0.2, -0.15) is 0 Å². The van der Waals surface area contributed by atoms with Crippen molar-refractivity contribution in [3.8, 4) is 0 Å². The SMILES string of the molecule is Cc1ccc(S(=O)(=O)NNC(=O)Cn2c(C)csc2=O)c(C)c1. The summed E-state index contributed by atoms with van der Waals surface area (Å²) in [6, 6.07) is 4.90. The molecule has 124 valence electrons. The quantitative estimate of drug-likeness (QED) is 0.777. The zero-order valence-electron chi connectivity index (χ0n) is 12.9. The van der Waals surface area contributed by atoms with Gasteiger partial charge in [0.25, 0.3) is 15.9 Å². The third kappa shape index (κ3) is 4.06. The van der Waals surface area contributed by atoms with Crippen LogP contribution in [0.5, 0.6) is 0 Å². The second kappa shape index (κ2) is 6.65. The number of hydrogen-bond donors (Lipinski definition) is 2. The molecule has 2 rings (SSSR count). The van der Waals surface area contributed by atoms with Crippen molar-refractivity contribution >= 4 is 27.3 Å². The molecule has 0 aliphatic rings. The van der Waals surface area contributed by atoms with E-state index in [0.29, 0.717) is 11.3 Å². The Hall–Kier alpha value is -1.97. The van der Waals surface area contributed by atoms with Crippen molar-refractivity contribution in [2.75, 3.05) is 0 Å². The smallest absolute Gasteiger partial charge is 0.294 e. The van der Waals surface area contributed by atoms with Crippen LogP contribution in [0.15, 0.2) is 33.3 Å². The summed E-state index contributed by atoms with van der Waals surface area (Å²) < 4.78 is 25.7. The van der Waals surface area contributed by atoms with E-state index in [1.54, 1.807) is 31.4 Å². The van der Waals surface area contributed by atoms with Gasteiger partial charge in [-0.1, -0.05) is 29.0 Å². The first-order valence-corrected chi connectivity index (χ1v) is 9.10. The molecule has 0 unspecified atom stereocenters. The van der Waals surface area contributed by atoms with Crippen molar-refractivity contribution in [1.82, 2.24) is 14.8 Å². The summed E-state index contributed by atoms with van der Waals surface area (Å²) in [6.07, 6.45) is 0. The van der Waals surface area contributed by atoms with E-state index in [-0.39, 0.29) is 16.3 Å². The van der Waals surface area contributed by atoms with Crippen LogP contribution in [0.1, 0.15) is 16.8 Å². The maximum atomic E-state index is 12.2. The van der Waals surface area contributed by atoms with Gasteiger partial charge in [0, 0.05) is 11.1 Å². The molecule has 1 aromatic carbocycles. The van der Waals surface area contributed by atoms with Gasteiger partial charge in [-0.05, 0) is 32.4 Å². The molecule has 1 heterocycles. The molecule has 0 bridgehead atoms. The van der Waals surface area contributed by atoms with Gasteiger partial charge in [-0.15, -0.1) is 4.83 Å². The molecule has 2 N–H and O–H groups in total. The molecular formula is C14H17N3O4S2. The predicted molar refractivity (Wildman–Crippen MR) is 87.7 cm³/mol. The van der Waals surface area contributed by atoms with Crippen LogP contribution in [0, 0.1) is 20.8 Å². The monoisotopic (exact) mass is 355 g/mol. The standard InChI is InChI=1S/C14H17N3O4S2/c1-9-4-5-12(10(2)6-9)23(20,21)16-15-13(18)7-17-11(3)8-22-14(17)19/h4-6,8,16H,7H2,1-3H3,(H,15,18). The van der Waals surface area contributed by atoms with Crippen LogP contribution in [0.4, 0.5) is 0 Å². The lowest BCUT2D eigenvalue weighted by Crippen LogP contribution is -2.44. The molecule has 23 heavy (non-hydrogen) atoms. The number of hydrazine groups is 1. The van der Waals surface area contributed by atoms with E-state index in [0.717, 1.165) is 16.9 Å². The number of rotatable bonds is 5. The second-order valence-electron chi connectivity index (χ2n) is 5.15. The predicted octanol–water partition coefficient (Wildman–Crippen LogP) is 0.845. The van der Waals surface area contributed by atoms with Crippen LogP contribution in [0.2, 0.25) is 0 Å². The maximum Gasteiger partial charge on any atom is 0.307 e. The van der Waals surface area contributed by atoms with Crippen LogP contribution in [0.25, 0.3) is 0 Å². The fourth-order valence-electron chi connectivity index (χ4n) is 2.06. The molecule has 0 atom stereocenters.